The fourth-order valence-corrected chi connectivity index (χ4v) is 3.77. The number of ether oxygens (including phenoxy) is 1. The van der Waals surface area contributed by atoms with E-state index in [1.807, 2.05) is 6.26 Å². The predicted molar refractivity (Wildman–Crippen MR) is 122 cm³/mol. The molecule has 0 saturated heterocycles. The van der Waals surface area contributed by atoms with Crippen molar-refractivity contribution in [2.45, 2.75) is 26.3 Å². The first-order valence-electron chi connectivity index (χ1n) is 9.69. The second-order valence-corrected chi connectivity index (χ2v) is 8.48. The molecule has 0 aliphatic rings. The van der Waals surface area contributed by atoms with Crippen LogP contribution in [0.25, 0.3) is 11.3 Å². The normalized spacial score (nSPS) is 11.9. The van der Waals surface area contributed by atoms with Crippen molar-refractivity contribution in [2.75, 3.05) is 12.0 Å². The molecule has 0 saturated carbocycles. The van der Waals surface area contributed by atoms with Crippen LogP contribution in [0.15, 0.2) is 28.8 Å². The largest absolute Gasteiger partial charge is 0.480 e. The molecule has 2 N–H and O–H groups in total. The minimum atomic E-state index is -1.10. The number of benzene rings is 1. The molecule has 2 heterocycles. The lowest BCUT2D eigenvalue weighted by Crippen LogP contribution is -2.41. The molecular weight excluding hydrogens is 456 g/mol. The topological polar surface area (TPSA) is 119 Å². The number of thioether (sulfide) groups is 1. The van der Waals surface area contributed by atoms with Gasteiger partial charge in [-0.1, -0.05) is 16.8 Å². The summed E-state index contributed by atoms with van der Waals surface area (Å²) in [5.41, 5.74) is 1.40. The summed E-state index contributed by atoms with van der Waals surface area (Å²) in [5, 5.41) is 21.1. The summed E-state index contributed by atoms with van der Waals surface area (Å²) in [6.45, 7) is 3.35. The molecule has 0 radical (unpaired) electrons. The van der Waals surface area contributed by atoms with Gasteiger partial charge in [-0.25, -0.2) is 9.48 Å². The lowest BCUT2D eigenvalue weighted by molar-refractivity contribution is -0.139. The molecule has 0 bridgehead atoms. The van der Waals surface area contributed by atoms with Crippen LogP contribution in [0.4, 0.5) is 0 Å². The van der Waals surface area contributed by atoms with Gasteiger partial charge in [0.1, 0.15) is 28.8 Å². The van der Waals surface area contributed by atoms with Crippen molar-refractivity contribution in [3.8, 4) is 22.9 Å². The van der Waals surface area contributed by atoms with Crippen molar-refractivity contribution in [2.24, 2.45) is 7.05 Å². The van der Waals surface area contributed by atoms with Gasteiger partial charge < -0.3 is 19.7 Å². The maximum absolute atomic E-state index is 13.1. The number of amides is 1. The molecule has 1 amide bonds. The molecule has 1 unspecified atom stereocenters. The van der Waals surface area contributed by atoms with Gasteiger partial charge in [-0.2, -0.15) is 16.9 Å². The van der Waals surface area contributed by atoms with E-state index in [9.17, 15) is 14.7 Å². The first-order valence-corrected chi connectivity index (χ1v) is 11.5. The standard InChI is InChI=1S/C21H23ClN4O5S/c1-11-16(20(26(3)24-11)30-14-7-5-13(22)6-8-14)18-17(12(2)31-25-18)19(27)23-15(21(28)29)9-10-32-4/h5-8,15H,9-10H2,1-4H3,(H,23,27)(H,28,29). The van der Waals surface area contributed by atoms with Crippen LogP contribution < -0.4 is 10.1 Å². The Labute approximate surface area is 194 Å². The SMILES string of the molecule is CSCCC(NC(=O)c1c(-c2c(C)nn(C)c2Oc2ccc(Cl)cc2)noc1C)C(=O)O. The zero-order chi connectivity index (χ0) is 23.4. The predicted octanol–water partition coefficient (Wildman–Crippen LogP) is 4.07. The Bertz CT molecular complexity index is 1130. The third-order valence-corrected chi connectivity index (χ3v) is 5.63. The molecule has 11 heteroatoms. The third kappa shape index (κ3) is 5.08. The van der Waals surface area contributed by atoms with Crippen LogP contribution in [0, 0.1) is 13.8 Å². The van der Waals surface area contributed by atoms with Crippen LogP contribution in [0.3, 0.4) is 0 Å². The van der Waals surface area contributed by atoms with E-state index in [0.717, 1.165) is 0 Å². The fourth-order valence-electron chi connectivity index (χ4n) is 3.17. The van der Waals surface area contributed by atoms with E-state index in [2.05, 4.69) is 15.6 Å². The van der Waals surface area contributed by atoms with Crippen molar-refractivity contribution in [1.82, 2.24) is 20.3 Å². The van der Waals surface area contributed by atoms with E-state index in [-0.39, 0.29) is 17.0 Å². The molecule has 2 aromatic heterocycles. The highest BCUT2D eigenvalue weighted by Gasteiger charge is 2.30. The number of hydrogen-bond donors (Lipinski definition) is 2. The summed E-state index contributed by atoms with van der Waals surface area (Å²) < 4.78 is 12.9. The van der Waals surface area contributed by atoms with Crippen molar-refractivity contribution in [3.63, 3.8) is 0 Å². The number of rotatable bonds is 9. The molecule has 170 valence electrons. The van der Waals surface area contributed by atoms with Gasteiger partial charge in [-0.3, -0.25) is 4.79 Å². The van der Waals surface area contributed by atoms with E-state index in [1.54, 1.807) is 45.2 Å². The average Bonchev–Trinajstić information content (AvgIpc) is 3.25. The summed E-state index contributed by atoms with van der Waals surface area (Å²) in [4.78, 5) is 24.6. The van der Waals surface area contributed by atoms with Gasteiger partial charge in [0.05, 0.1) is 11.3 Å². The molecular formula is C21H23ClN4O5S. The van der Waals surface area contributed by atoms with Gasteiger partial charge in [0, 0.05) is 12.1 Å². The number of aromatic nitrogens is 3. The van der Waals surface area contributed by atoms with Crippen molar-refractivity contribution in [3.05, 3.63) is 46.3 Å². The highest BCUT2D eigenvalue weighted by atomic mass is 35.5. The molecule has 0 aliphatic heterocycles. The number of carboxylic acids is 1. The number of halogens is 1. The van der Waals surface area contributed by atoms with Crippen LogP contribution in [-0.4, -0.2) is 50.0 Å². The Morgan fingerprint density at radius 2 is 2.00 bits per heavy atom. The van der Waals surface area contributed by atoms with Crippen molar-refractivity contribution >= 4 is 35.2 Å². The average molecular weight is 479 g/mol. The Hall–Kier alpha value is -2.98. The Morgan fingerprint density at radius 3 is 2.62 bits per heavy atom. The summed E-state index contributed by atoms with van der Waals surface area (Å²) >= 11 is 7.45. The van der Waals surface area contributed by atoms with Gasteiger partial charge in [-0.05, 0) is 56.5 Å². The highest BCUT2D eigenvalue weighted by molar-refractivity contribution is 7.98. The number of aryl methyl sites for hydroxylation is 3. The van der Waals surface area contributed by atoms with Crippen LogP contribution in [0.2, 0.25) is 5.02 Å². The number of hydrogen-bond acceptors (Lipinski definition) is 7. The molecule has 0 fully saturated rings. The molecule has 3 rings (SSSR count). The quantitative estimate of drug-likeness (QED) is 0.472. The lowest BCUT2D eigenvalue weighted by atomic mass is 10.1. The summed E-state index contributed by atoms with van der Waals surface area (Å²) in [6, 6.07) is 5.77. The second kappa shape index (κ2) is 10.1. The Morgan fingerprint density at radius 1 is 1.31 bits per heavy atom. The molecule has 0 aliphatic carbocycles. The molecule has 0 spiro atoms. The molecule has 9 nitrogen and oxygen atoms in total. The van der Waals surface area contributed by atoms with E-state index in [4.69, 9.17) is 20.9 Å². The third-order valence-electron chi connectivity index (χ3n) is 4.74. The lowest BCUT2D eigenvalue weighted by Gasteiger charge is -2.14. The number of nitrogens with zero attached hydrogens (tertiary/aromatic N) is 3. The van der Waals surface area contributed by atoms with E-state index >= 15 is 0 Å². The summed E-state index contributed by atoms with van der Waals surface area (Å²) in [7, 11) is 1.71. The molecule has 1 aromatic carbocycles. The minimum absolute atomic E-state index is 0.137. The highest BCUT2D eigenvalue weighted by Crippen LogP contribution is 2.38. The van der Waals surface area contributed by atoms with Gasteiger partial charge in [0.15, 0.2) is 0 Å². The number of aliphatic carboxylic acids is 1. The van der Waals surface area contributed by atoms with E-state index in [0.29, 0.717) is 40.1 Å². The maximum atomic E-state index is 13.1. The fraction of sp³-hybridized carbons (Fsp3) is 0.333. The van der Waals surface area contributed by atoms with Crippen LogP contribution >= 0.6 is 23.4 Å². The first-order chi connectivity index (χ1) is 15.2. The molecule has 32 heavy (non-hydrogen) atoms. The van der Waals surface area contributed by atoms with Crippen molar-refractivity contribution < 1.29 is 24.0 Å². The van der Waals surface area contributed by atoms with Gasteiger partial charge in [0.2, 0.25) is 5.88 Å². The smallest absolute Gasteiger partial charge is 0.326 e. The van der Waals surface area contributed by atoms with Crippen molar-refractivity contribution in [1.29, 1.82) is 0 Å². The van der Waals surface area contributed by atoms with Gasteiger partial charge >= 0.3 is 5.97 Å². The van der Waals surface area contributed by atoms with Crippen LogP contribution in [0.5, 0.6) is 11.6 Å². The number of carbonyl (C=O) groups is 2. The summed E-state index contributed by atoms with van der Waals surface area (Å²) in [6.07, 6.45) is 2.16. The number of nitrogens with one attached hydrogen (secondary N) is 1. The molecule has 1 atom stereocenters. The van der Waals surface area contributed by atoms with E-state index in [1.165, 1.54) is 16.4 Å². The zero-order valence-corrected chi connectivity index (χ0v) is 19.6. The molecule has 3 aromatic rings. The maximum Gasteiger partial charge on any atom is 0.326 e. The van der Waals surface area contributed by atoms with Gasteiger partial charge in [0.25, 0.3) is 5.91 Å². The second-order valence-electron chi connectivity index (χ2n) is 7.05. The van der Waals surface area contributed by atoms with E-state index < -0.39 is 17.9 Å². The number of carboxylic acid groups (broad SMARTS) is 1. The zero-order valence-electron chi connectivity index (χ0n) is 18.0. The van der Waals surface area contributed by atoms with Gasteiger partial charge in [-0.15, -0.1) is 0 Å². The first kappa shape index (κ1) is 23.7. The monoisotopic (exact) mass is 478 g/mol. The van der Waals surface area contributed by atoms with Crippen LogP contribution in [0.1, 0.15) is 28.2 Å². The Balaban J connectivity index is 1.99. The minimum Gasteiger partial charge on any atom is -0.480 e. The summed E-state index contributed by atoms with van der Waals surface area (Å²) in [5.74, 6) is 0.0257. The van der Waals surface area contributed by atoms with Crippen LogP contribution in [-0.2, 0) is 11.8 Å². The number of carbonyl (C=O) groups excluding carboxylic acids is 1. The Kier molecular flexibility index (Phi) is 7.47.